The van der Waals surface area contributed by atoms with Gasteiger partial charge in [0.25, 0.3) is 0 Å². The van der Waals surface area contributed by atoms with Crippen LogP contribution in [0.25, 0.3) is 0 Å². The van der Waals surface area contributed by atoms with E-state index in [2.05, 4.69) is 20.8 Å². The maximum absolute atomic E-state index is 14.4. The van der Waals surface area contributed by atoms with Crippen molar-refractivity contribution in [3.05, 3.63) is 28.0 Å². The highest BCUT2D eigenvalue weighted by Crippen LogP contribution is 2.41. The lowest BCUT2D eigenvalue weighted by atomic mass is 10.0. The molecule has 3 rings (SSSR count). The first-order chi connectivity index (χ1) is 9.08. The molecule has 2 N–H and O–H groups in total. The SMILES string of the molecule is NC(=S)c1ccc(N2CC3CCCC3C2)c(F)c1Br. The smallest absolute Gasteiger partial charge is 0.161 e. The molecule has 2 aliphatic rings. The first-order valence-corrected chi connectivity index (χ1v) is 7.81. The van der Waals surface area contributed by atoms with Crippen LogP contribution in [0.2, 0.25) is 0 Å². The van der Waals surface area contributed by atoms with Gasteiger partial charge in [-0.2, -0.15) is 0 Å². The Morgan fingerprint density at radius 3 is 2.53 bits per heavy atom. The number of fused-ring (bicyclic) bond motifs is 1. The molecule has 102 valence electrons. The Hall–Kier alpha value is -0.680. The summed E-state index contributed by atoms with van der Waals surface area (Å²) in [6.45, 7) is 1.95. The van der Waals surface area contributed by atoms with Gasteiger partial charge < -0.3 is 10.6 Å². The summed E-state index contributed by atoms with van der Waals surface area (Å²) in [7, 11) is 0. The first kappa shape index (κ1) is 13.3. The molecule has 0 amide bonds. The van der Waals surface area contributed by atoms with Crippen molar-refractivity contribution in [2.45, 2.75) is 19.3 Å². The van der Waals surface area contributed by atoms with E-state index >= 15 is 0 Å². The van der Waals surface area contributed by atoms with E-state index < -0.39 is 0 Å². The summed E-state index contributed by atoms with van der Waals surface area (Å²) in [5.41, 5.74) is 6.82. The summed E-state index contributed by atoms with van der Waals surface area (Å²) in [4.78, 5) is 2.38. The normalized spacial score (nSPS) is 25.7. The van der Waals surface area contributed by atoms with Crippen LogP contribution in [0.5, 0.6) is 0 Å². The molecule has 19 heavy (non-hydrogen) atoms. The molecule has 0 aromatic heterocycles. The lowest BCUT2D eigenvalue weighted by molar-refractivity contribution is 0.494. The molecule has 1 aromatic carbocycles. The van der Waals surface area contributed by atoms with Crippen molar-refractivity contribution in [1.29, 1.82) is 0 Å². The van der Waals surface area contributed by atoms with Crippen LogP contribution in [0.4, 0.5) is 10.1 Å². The van der Waals surface area contributed by atoms with Gasteiger partial charge in [-0.05, 0) is 52.7 Å². The number of anilines is 1. The second kappa shape index (κ2) is 5.02. The largest absolute Gasteiger partial charge is 0.389 e. The van der Waals surface area contributed by atoms with Gasteiger partial charge >= 0.3 is 0 Å². The number of thiocarbonyl (C=S) groups is 1. The average molecular weight is 343 g/mol. The molecule has 1 aromatic rings. The van der Waals surface area contributed by atoms with Crippen molar-refractivity contribution >= 4 is 38.8 Å². The van der Waals surface area contributed by atoms with Gasteiger partial charge in [-0.1, -0.05) is 18.6 Å². The molecule has 1 aliphatic heterocycles. The molecule has 2 atom stereocenters. The number of hydrogen-bond donors (Lipinski definition) is 1. The molecular formula is C14H16BrFN2S. The zero-order valence-corrected chi connectivity index (χ0v) is 12.9. The van der Waals surface area contributed by atoms with Gasteiger partial charge in [0.05, 0.1) is 10.2 Å². The summed E-state index contributed by atoms with van der Waals surface area (Å²) in [5.74, 6) is 1.24. The third-order valence-electron chi connectivity index (χ3n) is 4.39. The third-order valence-corrected chi connectivity index (χ3v) is 5.39. The highest BCUT2D eigenvalue weighted by molar-refractivity contribution is 9.10. The quantitative estimate of drug-likeness (QED) is 0.834. The maximum Gasteiger partial charge on any atom is 0.161 e. The lowest BCUT2D eigenvalue weighted by Gasteiger charge is -2.21. The first-order valence-electron chi connectivity index (χ1n) is 6.60. The van der Waals surface area contributed by atoms with Crippen LogP contribution in [-0.4, -0.2) is 18.1 Å². The van der Waals surface area contributed by atoms with Gasteiger partial charge in [-0.15, -0.1) is 0 Å². The minimum atomic E-state index is -0.245. The van der Waals surface area contributed by atoms with Gasteiger partial charge in [-0.3, -0.25) is 0 Å². The summed E-state index contributed by atoms with van der Waals surface area (Å²) in [6.07, 6.45) is 3.90. The Kier molecular flexibility index (Phi) is 3.52. The zero-order chi connectivity index (χ0) is 13.6. The van der Waals surface area contributed by atoms with Gasteiger partial charge in [0.1, 0.15) is 4.99 Å². The number of nitrogens with two attached hydrogens (primary N) is 1. The molecule has 1 aliphatic carbocycles. The topological polar surface area (TPSA) is 29.3 Å². The monoisotopic (exact) mass is 342 g/mol. The summed E-state index contributed by atoms with van der Waals surface area (Å²) < 4.78 is 14.8. The van der Waals surface area contributed by atoms with E-state index in [0.717, 1.165) is 24.9 Å². The van der Waals surface area contributed by atoms with E-state index in [1.807, 2.05) is 0 Å². The summed E-state index contributed by atoms with van der Waals surface area (Å²) in [6, 6.07) is 3.61. The van der Waals surface area contributed by atoms with Crippen molar-refractivity contribution in [3.63, 3.8) is 0 Å². The van der Waals surface area contributed by atoms with Crippen molar-refractivity contribution in [1.82, 2.24) is 0 Å². The molecule has 0 radical (unpaired) electrons. The number of benzene rings is 1. The molecule has 2 fully saturated rings. The minimum Gasteiger partial charge on any atom is -0.389 e. The fraction of sp³-hybridized carbons (Fsp3) is 0.500. The minimum absolute atomic E-state index is 0.218. The van der Waals surface area contributed by atoms with Crippen LogP contribution in [0.15, 0.2) is 16.6 Å². The number of halogens is 2. The van der Waals surface area contributed by atoms with Crippen molar-refractivity contribution < 1.29 is 4.39 Å². The highest BCUT2D eigenvalue weighted by atomic mass is 79.9. The van der Waals surface area contributed by atoms with Crippen LogP contribution in [0, 0.1) is 17.7 Å². The number of hydrogen-bond acceptors (Lipinski definition) is 2. The Morgan fingerprint density at radius 1 is 1.32 bits per heavy atom. The molecule has 1 heterocycles. The summed E-state index contributed by atoms with van der Waals surface area (Å²) in [5, 5.41) is 0. The standard InChI is InChI=1S/C14H16BrFN2S/c15-12-10(14(17)19)4-5-11(13(12)16)18-6-8-2-1-3-9(8)7-18/h4-5,8-9H,1-3,6-7H2,(H2,17,19). The zero-order valence-electron chi connectivity index (χ0n) is 10.5. The van der Waals surface area contributed by atoms with Gasteiger partial charge in [0, 0.05) is 18.7 Å². The van der Waals surface area contributed by atoms with E-state index in [0.29, 0.717) is 15.7 Å². The molecule has 5 heteroatoms. The molecular weight excluding hydrogens is 327 g/mol. The fourth-order valence-electron chi connectivity index (χ4n) is 3.41. The average Bonchev–Trinajstić information content (AvgIpc) is 2.92. The number of rotatable bonds is 2. The molecule has 2 unspecified atom stereocenters. The Bertz CT molecular complexity index is 522. The third kappa shape index (κ3) is 2.27. The van der Waals surface area contributed by atoms with Crippen molar-refractivity contribution in [2.75, 3.05) is 18.0 Å². The summed E-state index contributed by atoms with van der Waals surface area (Å²) >= 11 is 8.19. The Morgan fingerprint density at radius 2 is 1.95 bits per heavy atom. The number of nitrogens with zero attached hydrogens (tertiary/aromatic N) is 1. The lowest BCUT2D eigenvalue weighted by Crippen LogP contribution is -2.22. The van der Waals surface area contributed by atoms with Crippen LogP contribution in [-0.2, 0) is 0 Å². The Balaban J connectivity index is 1.90. The van der Waals surface area contributed by atoms with Gasteiger partial charge in [0.2, 0.25) is 0 Å². The molecule has 0 bridgehead atoms. The van der Waals surface area contributed by atoms with E-state index in [-0.39, 0.29) is 10.8 Å². The van der Waals surface area contributed by atoms with Gasteiger partial charge in [0.15, 0.2) is 5.82 Å². The van der Waals surface area contributed by atoms with Crippen LogP contribution in [0.3, 0.4) is 0 Å². The second-order valence-corrected chi connectivity index (χ2v) is 6.71. The van der Waals surface area contributed by atoms with E-state index in [9.17, 15) is 4.39 Å². The van der Waals surface area contributed by atoms with Crippen LogP contribution in [0.1, 0.15) is 24.8 Å². The van der Waals surface area contributed by atoms with E-state index in [4.69, 9.17) is 18.0 Å². The molecule has 0 spiro atoms. The Labute approximate surface area is 126 Å². The molecule has 2 nitrogen and oxygen atoms in total. The predicted octanol–water partition coefficient (Wildman–Crippen LogP) is 3.46. The molecule has 1 saturated carbocycles. The van der Waals surface area contributed by atoms with E-state index in [1.54, 1.807) is 12.1 Å². The second-order valence-electron chi connectivity index (χ2n) is 5.48. The molecule has 1 saturated heterocycles. The van der Waals surface area contributed by atoms with Gasteiger partial charge in [-0.25, -0.2) is 4.39 Å². The van der Waals surface area contributed by atoms with Crippen molar-refractivity contribution in [3.8, 4) is 0 Å². The highest BCUT2D eigenvalue weighted by Gasteiger charge is 2.37. The van der Waals surface area contributed by atoms with E-state index in [1.165, 1.54) is 19.3 Å². The van der Waals surface area contributed by atoms with Crippen LogP contribution < -0.4 is 10.6 Å². The van der Waals surface area contributed by atoms with Crippen molar-refractivity contribution in [2.24, 2.45) is 17.6 Å². The maximum atomic E-state index is 14.4. The fourth-order valence-corrected chi connectivity index (χ4v) is 4.26. The predicted molar refractivity (Wildman–Crippen MR) is 83.0 cm³/mol. The van der Waals surface area contributed by atoms with Crippen LogP contribution >= 0.6 is 28.1 Å².